The monoisotopic (exact) mass is 466 g/mol. The number of hydrogen-bond donors (Lipinski definition) is 1. The molecule has 1 atom stereocenters. The van der Waals surface area contributed by atoms with Crippen molar-refractivity contribution in [2.75, 3.05) is 20.7 Å². The molecule has 7 nitrogen and oxygen atoms in total. The maximum absolute atomic E-state index is 13.0. The summed E-state index contributed by atoms with van der Waals surface area (Å²) in [4.78, 5) is 12.4. The molecular weight excluding hydrogens is 435 g/mol. The van der Waals surface area contributed by atoms with E-state index in [9.17, 15) is 17.6 Å². The Hall–Kier alpha value is -2.65. The van der Waals surface area contributed by atoms with E-state index in [0.717, 1.165) is 22.0 Å². The van der Waals surface area contributed by atoms with E-state index >= 15 is 0 Å². The minimum atomic E-state index is -3.73. The average Bonchev–Trinajstić information content (AvgIpc) is 2.73. The lowest BCUT2D eigenvalue weighted by molar-refractivity contribution is -0.121. The first-order chi connectivity index (χ1) is 15.0. The molecule has 0 spiro atoms. The van der Waals surface area contributed by atoms with Gasteiger partial charge in [0.1, 0.15) is 5.82 Å². The summed E-state index contributed by atoms with van der Waals surface area (Å²) in [5.74, 6) is 0.531. The standard InChI is InChI=1S/C23H31FN2O5S/c1-16(2)31-21-13-8-18(15-22(21)30-5)17(3)25-23(27)7-6-14-26(4)32(28,29)20-11-9-19(24)10-12-20/h8-13,15-17H,6-7,14H2,1-5H3,(H,25,27). The topological polar surface area (TPSA) is 84.9 Å². The summed E-state index contributed by atoms with van der Waals surface area (Å²) in [6, 6.07) is 9.90. The van der Waals surface area contributed by atoms with E-state index in [-0.39, 0.29) is 35.9 Å². The summed E-state index contributed by atoms with van der Waals surface area (Å²) < 4.78 is 50.3. The van der Waals surface area contributed by atoms with Crippen molar-refractivity contribution in [3.05, 3.63) is 53.8 Å². The van der Waals surface area contributed by atoms with Crippen LogP contribution in [-0.2, 0) is 14.8 Å². The van der Waals surface area contributed by atoms with Gasteiger partial charge in [-0.2, -0.15) is 0 Å². The van der Waals surface area contributed by atoms with Gasteiger partial charge in [-0.1, -0.05) is 6.07 Å². The Labute approximate surface area is 189 Å². The van der Waals surface area contributed by atoms with Gasteiger partial charge in [0.05, 0.1) is 24.2 Å². The van der Waals surface area contributed by atoms with Crippen LogP contribution in [0.2, 0.25) is 0 Å². The minimum absolute atomic E-state index is 0.0110. The quantitative estimate of drug-likeness (QED) is 0.543. The molecule has 9 heteroatoms. The van der Waals surface area contributed by atoms with Crippen LogP contribution in [0.4, 0.5) is 4.39 Å². The number of ether oxygens (including phenoxy) is 2. The first kappa shape index (κ1) is 25.6. The number of nitrogens with one attached hydrogen (secondary N) is 1. The Morgan fingerprint density at radius 2 is 1.75 bits per heavy atom. The molecule has 2 aromatic rings. The molecular formula is C23H31FN2O5S. The van der Waals surface area contributed by atoms with Gasteiger partial charge in [0, 0.05) is 20.0 Å². The molecule has 0 radical (unpaired) electrons. The molecule has 0 aliphatic heterocycles. The highest BCUT2D eigenvalue weighted by Gasteiger charge is 2.21. The Morgan fingerprint density at radius 3 is 2.34 bits per heavy atom. The van der Waals surface area contributed by atoms with E-state index in [0.29, 0.717) is 17.9 Å². The second-order valence-corrected chi connectivity index (χ2v) is 9.80. The van der Waals surface area contributed by atoms with Crippen LogP contribution < -0.4 is 14.8 Å². The van der Waals surface area contributed by atoms with Crippen LogP contribution >= 0.6 is 0 Å². The Bertz CT molecular complexity index is 1010. The smallest absolute Gasteiger partial charge is 0.242 e. The highest BCUT2D eigenvalue weighted by atomic mass is 32.2. The molecule has 0 bridgehead atoms. The van der Waals surface area contributed by atoms with Crippen molar-refractivity contribution in [3.8, 4) is 11.5 Å². The molecule has 0 saturated carbocycles. The molecule has 0 saturated heterocycles. The van der Waals surface area contributed by atoms with Crippen molar-refractivity contribution in [2.24, 2.45) is 0 Å². The van der Waals surface area contributed by atoms with Gasteiger partial charge in [-0.3, -0.25) is 4.79 Å². The lowest BCUT2D eigenvalue weighted by atomic mass is 10.1. The second kappa shape index (κ2) is 11.3. The van der Waals surface area contributed by atoms with Crippen LogP contribution in [-0.4, -0.2) is 45.4 Å². The molecule has 176 valence electrons. The summed E-state index contributed by atoms with van der Waals surface area (Å²) in [6.07, 6.45) is 0.524. The molecule has 0 fully saturated rings. The third kappa shape index (κ3) is 6.93. The predicted octanol–water partition coefficient (Wildman–Crippen LogP) is 3.90. The van der Waals surface area contributed by atoms with E-state index in [2.05, 4.69) is 5.32 Å². The molecule has 0 aliphatic carbocycles. The van der Waals surface area contributed by atoms with Gasteiger partial charge in [-0.25, -0.2) is 17.1 Å². The van der Waals surface area contributed by atoms with Crippen LogP contribution in [0.1, 0.15) is 45.2 Å². The summed E-state index contributed by atoms with van der Waals surface area (Å²) in [7, 11) is -0.733. The highest BCUT2D eigenvalue weighted by Crippen LogP contribution is 2.31. The molecule has 0 aliphatic rings. The van der Waals surface area contributed by atoms with E-state index < -0.39 is 15.8 Å². The van der Waals surface area contributed by atoms with Gasteiger partial charge in [0.15, 0.2) is 11.5 Å². The van der Waals surface area contributed by atoms with Crippen LogP contribution in [0.25, 0.3) is 0 Å². The van der Waals surface area contributed by atoms with Crippen molar-refractivity contribution in [3.63, 3.8) is 0 Å². The van der Waals surface area contributed by atoms with Crippen LogP contribution in [0, 0.1) is 5.82 Å². The van der Waals surface area contributed by atoms with E-state index in [1.807, 2.05) is 39.0 Å². The van der Waals surface area contributed by atoms with Crippen molar-refractivity contribution in [2.45, 2.75) is 50.7 Å². The third-order valence-electron chi connectivity index (χ3n) is 4.83. The average molecular weight is 467 g/mol. The summed E-state index contributed by atoms with van der Waals surface area (Å²) >= 11 is 0. The van der Waals surface area contributed by atoms with Gasteiger partial charge >= 0.3 is 0 Å². The fourth-order valence-electron chi connectivity index (χ4n) is 3.07. The van der Waals surface area contributed by atoms with Crippen molar-refractivity contribution in [1.29, 1.82) is 0 Å². The molecule has 1 unspecified atom stereocenters. The first-order valence-corrected chi connectivity index (χ1v) is 11.8. The number of methoxy groups -OCH3 is 1. The molecule has 1 N–H and O–H groups in total. The van der Waals surface area contributed by atoms with Crippen molar-refractivity contribution < 1.29 is 27.1 Å². The number of rotatable bonds is 11. The Balaban J connectivity index is 1.89. The van der Waals surface area contributed by atoms with Gasteiger partial charge in [0.25, 0.3) is 0 Å². The van der Waals surface area contributed by atoms with Gasteiger partial charge in [0.2, 0.25) is 15.9 Å². The summed E-state index contributed by atoms with van der Waals surface area (Å²) in [6.45, 7) is 5.88. The van der Waals surface area contributed by atoms with Crippen LogP contribution in [0.15, 0.2) is 47.4 Å². The Kier molecular flexibility index (Phi) is 9.03. The fourth-order valence-corrected chi connectivity index (χ4v) is 4.28. The van der Waals surface area contributed by atoms with Crippen molar-refractivity contribution in [1.82, 2.24) is 9.62 Å². The van der Waals surface area contributed by atoms with Gasteiger partial charge < -0.3 is 14.8 Å². The SMILES string of the molecule is COc1cc(C(C)NC(=O)CCCN(C)S(=O)(=O)c2ccc(F)cc2)ccc1OC(C)C. The lowest BCUT2D eigenvalue weighted by Gasteiger charge is -2.19. The number of hydrogen-bond acceptors (Lipinski definition) is 5. The minimum Gasteiger partial charge on any atom is -0.493 e. The third-order valence-corrected chi connectivity index (χ3v) is 6.70. The maximum Gasteiger partial charge on any atom is 0.242 e. The van der Waals surface area contributed by atoms with E-state index in [1.165, 1.54) is 19.2 Å². The van der Waals surface area contributed by atoms with Crippen molar-refractivity contribution >= 4 is 15.9 Å². The largest absolute Gasteiger partial charge is 0.493 e. The number of halogens is 1. The zero-order chi connectivity index (χ0) is 23.9. The molecule has 1 amide bonds. The number of benzene rings is 2. The highest BCUT2D eigenvalue weighted by molar-refractivity contribution is 7.89. The molecule has 0 heterocycles. The predicted molar refractivity (Wildman–Crippen MR) is 121 cm³/mol. The zero-order valence-corrected chi connectivity index (χ0v) is 19.9. The number of carbonyl (C=O) groups excluding carboxylic acids is 1. The summed E-state index contributed by atoms with van der Waals surface area (Å²) in [5.41, 5.74) is 0.863. The fraction of sp³-hybridized carbons (Fsp3) is 0.435. The molecule has 2 aromatic carbocycles. The number of carbonyl (C=O) groups is 1. The second-order valence-electron chi connectivity index (χ2n) is 7.75. The van der Waals surface area contributed by atoms with Crippen LogP contribution in [0.5, 0.6) is 11.5 Å². The molecule has 0 aromatic heterocycles. The first-order valence-electron chi connectivity index (χ1n) is 10.4. The van der Waals surface area contributed by atoms with Gasteiger partial charge in [-0.05, 0) is 69.2 Å². The molecule has 32 heavy (non-hydrogen) atoms. The lowest BCUT2D eigenvalue weighted by Crippen LogP contribution is -2.30. The molecule has 2 rings (SSSR count). The number of sulfonamides is 1. The van der Waals surface area contributed by atoms with Crippen LogP contribution in [0.3, 0.4) is 0 Å². The van der Waals surface area contributed by atoms with Gasteiger partial charge in [-0.15, -0.1) is 0 Å². The Morgan fingerprint density at radius 1 is 1.09 bits per heavy atom. The maximum atomic E-state index is 13.0. The normalized spacial score (nSPS) is 12.6. The number of amides is 1. The van der Waals surface area contributed by atoms with E-state index in [4.69, 9.17) is 9.47 Å². The number of nitrogens with zero attached hydrogens (tertiary/aromatic N) is 1. The zero-order valence-electron chi connectivity index (χ0n) is 19.1. The van der Waals surface area contributed by atoms with E-state index in [1.54, 1.807) is 7.11 Å². The summed E-state index contributed by atoms with van der Waals surface area (Å²) in [5, 5.41) is 2.91.